The lowest BCUT2D eigenvalue weighted by Crippen LogP contribution is -2.03. The molecule has 0 unspecified atom stereocenters. The number of methoxy groups -OCH3 is 1. The molecule has 3 nitrogen and oxygen atoms in total. The van der Waals surface area contributed by atoms with Crippen LogP contribution in [0.25, 0.3) is 10.8 Å². The number of aliphatic hydroxyl groups is 2. The Kier molecular flexibility index (Phi) is 3.08. The zero-order valence-corrected chi connectivity index (χ0v) is 9.05. The van der Waals surface area contributed by atoms with E-state index < -0.39 is 6.10 Å². The van der Waals surface area contributed by atoms with Gasteiger partial charge in [-0.2, -0.15) is 0 Å². The fraction of sp³-hybridized carbons (Fsp3) is 0.231. The summed E-state index contributed by atoms with van der Waals surface area (Å²) in [5.74, 6) is 0.768. The summed E-state index contributed by atoms with van der Waals surface area (Å²) < 4.78 is 5.25. The van der Waals surface area contributed by atoms with E-state index in [4.69, 9.17) is 9.84 Å². The molecule has 0 bridgehead atoms. The van der Waals surface area contributed by atoms with Crippen LogP contribution in [0.1, 0.15) is 11.7 Å². The third-order valence-corrected chi connectivity index (χ3v) is 2.67. The second kappa shape index (κ2) is 4.51. The smallest absolute Gasteiger partial charge is 0.126 e. The van der Waals surface area contributed by atoms with Crippen molar-refractivity contribution in [1.82, 2.24) is 0 Å². The second-order valence-electron chi connectivity index (χ2n) is 3.60. The van der Waals surface area contributed by atoms with E-state index in [2.05, 4.69) is 0 Å². The maximum atomic E-state index is 9.70. The molecule has 0 aliphatic carbocycles. The van der Waals surface area contributed by atoms with Gasteiger partial charge in [-0.15, -0.1) is 0 Å². The molecule has 2 N–H and O–H groups in total. The van der Waals surface area contributed by atoms with E-state index in [-0.39, 0.29) is 6.61 Å². The number of hydrogen-bond acceptors (Lipinski definition) is 3. The minimum atomic E-state index is -0.851. The number of benzene rings is 2. The molecule has 0 radical (unpaired) electrons. The van der Waals surface area contributed by atoms with Gasteiger partial charge in [0.05, 0.1) is 13.7 Å². The van der Waals surface area contributed by atoms with Gasteiger partial charge in [-0.3, -0.25) is 0 Å². The van der Waals surface area contributed by atoms with E-state index >= 15 is 0 Å². The van der Waals surface area contributed by atoms with Gasteiger partial charge in [0, 0.05) is 5.39 Å². The van der Waals surface area contributed by atoms with Crippen LogP contribution in [-0.2, 0) is 0 Å². The molecule has 2 rings (SSSR count). The van der Waals surface area contributed by atoms with E-state index in [1.165, 1.54) is 0 Å². The number of rotatable bonds is 3. The molecule has 0 fully saturated rings. The molecule has 0 aliphatic rings. The molecule has 2 aromatic rings. The third kappa shape index (κ3) is 1.75. The van der Waals surface area contributed by atoms with Crippen molar-refractivity contribution in [1.29, 1.82) is 0 Å². The van der Waals surface area contributed by atoms with Gasteiger partial charge in [-0.25, -0.2) is 0 Å². The number of fused-ring (bicyclic) bond motifs is 1. The maximum Gasteiger partial charge on any atom is 0.126 e. The number of ether oxygens (including phenoxy) is 1. The first kappa shape index (κ1) is 10.9. The van der Waals surface area contributed by atoms with Gasteiger partial charge in [-0.05, 0) is 17.0 Å². The Morgan fingerprint density at radius 1 is 1.12 bits per heavy atom. The maximum absolute atomic E-state index is 9.70. The van der Waals surface area contributed by atoms with Crippen molar-refractivity contribution < 1.29 is 14.9 Å². The molecule has 1 atom stereocenters. The molecule has 0 aliphatic heterocycles. The summed E-state index contributed by atoms with van der Waals surface area (Å²) in [6.45, 7) is -0.281. The Hall–Kier alpha value is -1.58. The summed E-state index contributed by atoms with van der Waals surface area (Å²) in [5.41, 5.74) is 0.721. The minimum Gasteiger partial charge on any atom is -0.496 e. The fourth-order valence-electron chi connectivity index (χ4n) is 1.86. The molecule has 0 spiro atoms. The second-order valence-corrected chi connectivity index (χ2v) is 3.60. The molecule has 3 heteroatoms. The molecule has 16 heavy (non-hydrogen) atoms. The fourth-order valence-corrected chi connectivity index (χ4v) is 1.86. The van der Waals surface area contributed by atoms with E-state index in [0.29, 0.717) is 0 Å². The van der Waals surface area contributed by atoms with Gasteiger partial charge in [-0.1, -0.05) is 30.3 Å². The Bertz CT molecular complexity index is 494. The molecule has 2 aromatic carbocycles. The summed E-state index contributed by atoms with van der Waals surface area (Å²) in [6, 6.07) is 11.2. The van der Waals surface area contributed by atoms with Crippen LogP contribution >= 0.6 is 0 Å². The van der Waals surface area contributed by atoms with Crippen LogP contribution in [0.15, 0.2) is 36.4 Å². The predicted molar refractivity (Wildman–Crippen MR) is 62.5 cm³/mol. The molecule has 0 saturated carbocycles. The highest BCUT2D eigenvalue weighted by molar-refractivity contribution is 5.91. The SMILES string of the molecule is COc1ccc([C@@H](O)CO)c2ccccc12. The highest BCUT2D eigenvalue weighted by Gasteiger charge is 2.12. The highest BCUT2D eigenvalue weighted by atomic mass is 16.5. The molecule has 84 valence electrons. The lowest BCUT2D eigenvalue weighted by molar-refractivity contribution is 0.0967. The molecule has 0 heterocycles. The summed E-state index contributed by atoms with van der Waals surface area (Å²) >= 11 is 0. The summed E-state index contributed by atoms with van der Waals surface area (Å²) in [5, 5.41) is 20.5. The van der Waals surface area contributed by atoms with Crippen molar-refractivity contribution in [2.24, 2.45) is 0 Å². The van der Waals surface area contributed by atoms with E-state index in [1.807, 2.05) is 24.3 Å². The van der Waals surface area contributed by atoms with Gasteiger partial charge < -0.3 is 14.9 Å². The van der Waals surface area contributed by atoms with Gasteiger partial charge in [0.2, 0.25) is 0 Å². The van der Waals surface area contributed by atoms with Crippen LogP contribution in [0.4, 0.5) is 0 Å². The van der Waals surface area contributed by atoms with Gasteiger partial charge in [0.15, 0.2) is 0 Å². The third-order valence-electron chi connectivity index (χ3n) is 2.67. The first-order valence-corrected chi connectivity index (χ1v) is 5.12. The van der Waals surface area contributed by atoms with Crippen molar-refractivity contribution in [3.63, 3.8) is 0 Å². The topological polar surface area (TPSA) is 49.7 Å². The zero-order chi connectivity index (χ0) is 11.5. The average molecular weight is 218 g/mol. The quantitative estimate of drug-likeness (QED) is 0.827. The van der Waals surface area contributed by atoms with Crippen molar-refractivity contribution in [3.05, 3.63) is 42.0 Å². The first-order valence-electron chi connectivity index (χ1n) is 5.12. The minimum absolute atomic E-state index is 0.281. The lowest BCUT2D eigenvalue weighted by atomic mass is 10.00. The number of aliphatic hydroxyl groups excluding tert-OH is 2. The molecule has 0 saturated heterocycles. The van der Waals surface area contributed by atoms with Crippen LogP contribution in [0.2, 0.25) is 0 Å². The van der Waals surface area contributed by atoms with E-state index in [1.54, 1.807) is 19.2 Å². The number of hydrogen-bond donors (Lipinski definition) is 2. The standard InChI is InChI=1S/C13H14O3/c1-16-13-7-6-10(12(15)8-14)9-4-2-3-5-11(9)13/h2-7,12,14-15H,8H2,1H3/t12-/m0/s1. The van der Waals surface area contributed by atoms with Gasteiger partial charge >= 0.3 is 0 Å². The lowest BCUT2D eigenvalue weighted by Gasteiger charge is -2.13. The van der Waals surface area contributed by atoms with Gasteiger partial charge in [0.25, 0.3) is 0 Å². The summed E-state index contributed by atoms with van der Waals surface area (Å²) in [6.07, 6.45) is -0.851. The summed E-state index contributed by atoms with van der Waals surface area (Å²) in [4.78, 5) is 0. The molecular formula is C13H14O3. The van der Waals surface area contributed by atoms with Crippen LogP contribution in [-0.4, -0.2) is 23.9 Å². The van der Waals surface area contributed by atoms with Crippen LogP contribution in [0.3, 0.4) is 0 Å². The normalized spacial score (nSPS) is 12.7. The predicted octanol–water partition coefficient (Wildman–Crippen LogP) is 1.87. The molecular weight excluding hydrogens is 204 g/mol. The summed E-state index contributed by atoms with van der Waals surface area (Å²) in [7, 11) is 1.61. The van der Waals surface area contributed by atoms with Crippen molar-refractivity contribution in [3.8, 4) is 5.75 Å². The Labute approximate surface area is 93.9 Å². The van der Waals surface area contributed by atoms with Crippen molar-refractivity contribution in [2.45, 2.75) is 6.10 Å². The van der Waals surface area contributed by atoms with Crippen LogP contribution in [0, 0.1) is 0 Å². The Morgan fingerprint density at radius 3 is 2.44 bits per heavy atom. The van der Waals surface area contributed by atoms with Crippen molar-refractivity contribution >= 4 is 10.8 Å². The van der Waals surface area contributed by atoms with Gasteiger partial charge in [0.1, 0.15) is 11.9 Å². The molecule has 0 amide bonds. The van der Waals surface area contributed by atoms with Crippen LogP contribution < -0.4 is 4.74 Å². The Balaban J connectivity index is 2.69. The molecule has 0 aromatic heterocycles. The highest BCUT2D eigenvalue weighted by Crippen LogP contribution is 2.31. The largest absolute Gasteiger partial charge is 0.496 e. The van der Waals surface area contributed by atoms with E-state index in [0.717, 1.165) is 22.1 Å². The Morgan fingerprint density at radius 2 is 1.81 bits per heavy atom. The van der Waals surface area contributed by atoms with Crippen molar-refractivity contribution in [2.75, 3.05) is 13.7 Å². The first-order chi connectivity index (χ1) is 7.77. The zero-order valence-electron chi connectivity index (χ0n) is 9.05. The average Bonchev–Trinajstić information content (AvgIpc) is 2.36. The van der Waals surface area contributed by atoms with E-state index in [9.17, 15) is 5.11 Å². The van der Waals surface area contributed by atoms with Crippen LogP contribution in [0.5, 0.6) is 5.75 Å². The monoisotopic (exact) mass is 218 g/mol.